The molecule has 0 aromatic carbocycles. The lowest BCUT2D eigenvalue weighted by atomic mass is 10.0. The SMILES string of the molecule is CC(NCc1cccnc1)C(C)C(=O)O. The normalized spacial score (nSPS) is 14.5. The first-order chi connectivity index (χ1) is 7.11. The van der Waals surface area contributed by atoms with Crippen LogP contribution in [-0.2, 0) is 11.3 Å². The summed E-state index contributed by atoms with van der Waals surface area (Å²) >= 11 is 0. The van der Waals surface area contributed by atoms with Crippen LogP contribution in [0.2, 0.25) is 0 Å². The van der Waals surface area contributed by atoms with Crippen molar-refractivity contribution >= 4 is 5.97 Å². The summed E-state index contributed by atoms with van der Waals surface area (Å²) in [7, 11) is 0. The summed E-state index contributed by atoms with van der Waals surface area (Å²) in [6.07, 6.45) is 3.48. The van der Waals surface area contributed by atoms with Crippen molar-refractivity contribution in [2.24, 2.45) is 5.92 Å². The first-order valence-corrected chi connectivity index (χ1v) is 4.96. The Morgan fingerprint density at radius 3 is 2.87 bits per heavy atom. The molecule has 0 fully saturated rings. The lowest BCUT2D eigenvalue weighted by molar-refractivity contribution is -0.141. The Morgan fingerprint density at radius 2 is 2.33 bits per heavy atom. The molecule has 1 rings (SSSR count). The number of nitrogens with one attached hydrogen (secondary N) is 1. The van der Waals surface area contributed by atoms with Crippen LogP contribution in [0, 0.1) is 5.92 Å². The Bertz CT molecular complexity index is 314. The molecule has 0 bridgehead atoms. The zero-order chi connectivity index (χ0) is 11.3. The van der Waals surface area contributed by atoms with Crippen molar-refractivity contribution in [2.75, 3.05) is 0 Å². The summed E-state index contributed by atoms with van der Waals surface area (Å²) in [6.45, 7) is 4.21. The Morgan fingerprint density at radius 1 is 1.60 bits per heavy atom. The van der Waals surface area contributed by atoms with Gasteiger partial charge in [0.05, 0.1) is 5.92 Å². The Kier molecular flexibility index (Phi) is 4.24. The largest absolute Gasteiger partial charge is 0.481 e. The van der Waals surface area contributed by atoms with Crippen LogP contribution in [0.25, 0.3) is 0 Å². The van der Waals surface area contributed by atoms with Gasteiger partial charge in [0.25, 0.3) is 0 Å². The first kappa shape index (κ1) is 11.7. The summed E-state index contributed by atoms with van der Waals surface area (Å²) in [5.41, 5.74) is 1.06. The highest BCUT2D eigenvalue weighted by atomic mass is 16.4. The van der Waals surface area contributed by atoms with Crippen LogP contribution in [-0.4, -0.2) is 22.1 Å². The monoisotopic (exact) mass is 208 g/mol. The summed E-state index contributed by atoms with van der Waals surface area (Å²) in [4.78, 5) is 14.7. The first-order valence-electron chi connectivity index (χ1n) is 4.96. The molecule has 0 saturated carbocycles. The fourth-order valence-corrected chi connectivity index (χ4v) is 1.17. The molecule has 82 valence electrons. The van der Waals surface area contributed by atoms with Crippen molar-refractivity contribution in [3.05, 3.63) is 30.1 Å². The number of pyridine rings is 1. The number of carboxylic acid groups (broad SMARTS) is 1. The van der Waals surface area contributed by atoms with Crippen molar-refractivity contribution in [3.63, 3.8) is 0 Å². The number of aromatic nitrogens is 1. The summed E-state index contributed by atoms with van der Waals surface area (Å²) in [6, 6.07) is 3.77. The van der Waals surface area contributed by atoms with Gasteiger partial charge in [0.15, 0.2) is 0 Å². The van der Waals surface area contributed by atoms with Crippen LogP contribution >= 0.6 is 0 Å². The molecule has 4 heteroatoms. The molecule has 0 spiro atoms. The Hall–Kier alpha value is -1.42. The number of aliphatic carboxylic acids is 1. The molecule has 0 aliphatic heterocycles. The molecule has 0 radical (unpaired) electrons. The van der Waals surface area contributed by atoms with Gasteiger partial charge in [-0.3, -0.25) is 9.78 Å². The number of rotatable bonds is 5. The van der Waals surface area contributed by atoms with Crippen LogP contribution in [0.1, 0.15) is 19.4 Å². The zero-order valence-electron chi connectivity index (χ0n) is 8.97. The van der Waals surface area contributed by atoms with E-state index in [0.29, 0.717) is 6.54 Å². The van der Waals surface area contributed by atoms with Crippen LogP contribution in [0.3, 0.4) is 0 Å². The highest BCUT2D eigenvalue weighted by molar-refractivity contribution is 5.70. The van der Waals surface area contributed by atoms with Gasteiger partial charge in [0, 0.05) is 25.0 Å². The van der Waals surface area contributed by atoms with Crippen LogP contribution in [0.4, 0.5) is 0 Å². The molecular weight excluding hydrogens is 192 g/mol. The van der Waals surface area contributed by atoms with E-state index in [-0.39, 0.29) is 12.0 Å². The summed E-state index contributed by atoms with van der Waals surface area (Å²) in [5, 5.41) is 12.0. The predicted octanol–water partition coefficient (Wildman–Crippen LogP) is 1.28. The van der Waals surface area contributed by atoms with E-state index in [1.165, 1.54) is 0 Å². The van der Waals surface area contributed by atoms with E-state index < -0.39 is 5.97 Å². The summed E-state index contributed by atoms with van der Waals surface area (Å²) < 4.78 is 0. The van der Waals surface area contributed by atoms with Crippen LogP contribution < -0.4 is 5.32 Å². The molecular formula is C11H16N2O2. The van der Waals surface area contributed by atoms with Gasteiger partial charge in [-0.05, 0) is 18.6 Å². The van der Waals surface area contributed by atoms with E-state index in [9.17, 15) is 4.79 Å². The van der Waals surface area contributed by atoms with Gasteiger partial charge >= 0.3 is 5.97 Å². The molecule has 1 aromatic rings. The molecule has 4 nitrogen and oxygen atoms in total. The number of carbonyl (C=O) groups is 1. The summed E-state index contributed by atoms with van der Waals surface area (Å²) in [5.74, 6) is -1.16. The van der Waals surface area contributed by atoms with Gasteiger partial charge in [-0.15, -0.1) is 0 Å². The average molecular weight is 208 g/mol. The van der Waals surface area contributed by atoms with Crippen LogP contribution in [0.15, 0.2) is 24.5 Å². The molecule has 2 N–H and O–H groups in total. The highest BCUT2D eigenvalue weighted by Crippen LogP contribution is 2.04. The Balaban J connectivity index is 2.41. The van der Waals surface area contributed by atoms with Crippen molar-refractivity contribution < 1.29 is 9.90 Å². The van der Waals surface area contributed by atoms with Crippen molar-refractivity contribution in [2.45, 2.75) is 26.4 Å². The van der Waals surface area contributed by atoms with Crippen LogP contribution in [0.5, 0.6) is 0 Å². The predicted molar refractivity (Wildman–Crippen MR) is 57.3 cm³/mol. The lowest BCUT2D eigenvalue weighted by Crippen LogP contribution is -2.35. The maximum Gasteiger partial charge on any atom is 0.307 e. The minimum atomic E-state index is -0.777. The van der Waals surface area contributed by atoms with Crippen molar-refractivity contribution in [1.29, 1.82) is 0 Å². The van der Waals surface area contributed by atoms with Gasteiger partial charge in [-0.2, -0.15) is 0 Å². The highest BCUT2D eigenvalue weighted by Gasteiger charge is 2.18. The molecule has 0 aliphatic carbocycles. The van der Waals surface area contributed by atoms with Gasteiger partial charge < -0.3 is 10.4 Å². The number of hydrogen-bond donors (Lipinski definition) is 2. The van der Waals surface area contributed by atoms with Crippen molar-refractivity contribution in [1.82, 2.24) is 10.3 Å². The minimum Gasteiger partial charge on any atom is -0.481 e. The van der Waals surface area contributed by atoms with Gasteiger partial charge in [-0.25, -0.2) is 0 Å². The quantitative estimate of drug-likeness (QED) is 0.765. The van der Waals surface area contributed by atoms with E-state index in [4.69, 9.17) is 5.11 Å². The lowest BCUT2D eigenvalue weighted by Gasteiger charge is -2.17. The fraction of sp³-hybridized carbons (Fsp3) is 0.455. The minimum absolute atomic E-state index is 0.0530. The third kappa shape index (κ3) is 3.67. The smallest absolute Gasteiger partial charge is 0.307 e. The topological polar surface area (TPSA) is 62.2 Å². The second-order valence-electron chi connectivity index (χ2n) is 3.66. The zero-order valence-corrected chi connectivity index (χ0v) is 8.97. The van der Waals surface area contributed by atoms with Gasteiger partial charge in [0.1, 0.15) is 0 Å². The third-order valence-electron chi connectivity index (χ3n) is 2.49. The molecule has 2 unspecified atom stereocenters. The molecule has 0 aliphatic rings. The molecule has 1 heterocycles. The molecule has 0 amide bonds. The van der Waals surface area contributed by atoms with E-state index in [2.05, 4.69) is 10.3 Å². The van der Waals surface area contributed by atoms with Crippen molar-refractivity contribution in [3.8, 4) is 0 Å². The second-order valence-corrected chi connectivity index (χ2v) is 3.66. The van der Waals surface area contributed by atoms with E-state index in [0.717, 1.165) is 5.56 Å². The molecule has 1 aromatic heterocycles. The molecule has 2 atom stereocenters. The standard InChI is InChI=1S/C11H16N2O2/c1-8(11(14)15)9(2)13-7-10-4-3-5-12-6-10/h3-6,8-9,13H,7H2,1-2H3,(H,14,15). The third-order valence-corrected chi connectivity index (χ3v) is 2.49. The van der Waals surface area contributed by atoms with E-state index >= 15 is 0 Å². The van der Waals surface area contributed by atoms with Gasteiger partial charge in [0.2, 0.25) is 0 Å². The number of nitrogens with zero attached hydrogens (tertiary/aromatic N) is 1. The number of carboxylic acids is 1. The maximum atomic E-state index is 10.7. The average Bonchev–Trinajstić information content (AvgIpc) is 2.26. The fourth-order valence-electron chi connectivity index (χ4n) is 1.17. The Labute approximate surface area is 89.3 Å². The maximum absolute atomic E-state index is 10.7. The van der Waals surface area contributed by atoms with Gasteiger partial charge in [-0.1, -0.05) is 13.0 Å². The van der Waals surface area contributed by atoms with E-state index in [1.54, 1.807) is 19.3 Å². The second kappa shape index (κ2) is 5.46. The number of hydrogen-bond acceptors (Lipinski definition) is 3. The van der Waals surface area contributed by atoms with E-state index in [1.807, 2.05) is 19.1 Å². The molecule has 0 saturated heterocycles. The molecule has 15 heavy (non-hydrogen) atoms.